The van der Waals surface area contributed by atoms with E-state index in [-0.39, 0.29) is 6.61 Å². The first-order chi connectivity index (χ1) is 7.83. The average molecular weight is 216 g/mol. The van der Waals surface area contributed by atoms with Crippen LogP contribution in [0.1, 0.15) is 23.9 Å². The monoisotopic (exact) mass is 216 g/mol. The Hall–Kier alpha value is -1.61. The third-order valence-corrected chi connectivity index (χ3v) is 2.73. The molecule has 0 amide bonds. The fourth-order valence-corrected chi connectivity index (χ4v) is 1.71. The Bertz CT molecular complexity index is 445. The van der Waals surface area contributed by atoms with Gasteiger partial charge in [0.25, 0.3) is 0 Å². The van der Waals surface area contributed by atoms with Gasteiger partial charge in [0.1, 0.15) is 12.4 Å². The van der Waals surface area contributed by atoms with Crippen LogP contribution in [0.25, 0.3) is 0 Å². The molecule has 0 fully saturated rings. The lowest BCUT2D eigenvalue weighted by Crippen LogP contribution is -2.04. The molecule has 3 nitrogen and oxygen atoms in total. The van der Waals surface area contributed by atoms with Crippen molar-refractivity contribution in [2.75, 3.05) is 0 Å². The standard InChI is InChI=1S/C13H16N2O/c1-2-11-3-5-12(6-4-11)9-15-8-7-14-13(15)10-16/h3-8,16H,2,9-10H2,1H3. The van der Waals surface area contributed by atoms with Crippen LogP contribution in [0.4, 0.5) is 0 Å². The van der Waals surface area contributed by atoms with Crippen molar-refractivity contribution in [3.05, 3.63) is 53.6 Å². The number of rotatable bonds is 4. The van der Waals surface area contributed by atoms with Crippen molar-refractivity contribution < 1.29 is 5.11 Å². The van der Waals surface area contributed by atoms with E-state index < -0.39 is 0 Å². The Balaban J connectivity index is 2.14. The molecule has 0 radical (unpaired) electrons. The first-order valence-corrected chi connectivity index (χ1v) is 5.52. The van der Waals surface area contributed by atoms with E-state index >= 15 is 0 Å². The number of hydrogen-bond acceptors (Lipinski definition) is 2. The molecular formula is C13H16N2O. The van der Waals surface area contributed by atoms with Crippen molar-refractivity contribution in [1.82, 2.24) is 9.55 Å². The van der Waals surface area contributed by atoms with Crippen LogP contribution < -0.4 is 0 Å². The quantitative estimate of drug-likeness (QED) is 0.848. The van der Waals surface area contributed by atoms with Gasteiger partial charge in [-0.3, -0.25) is 0 Å². The molecule has 1 heterocycles. The summed E-state index contributed by atoms with van der Waals surface area (Å²) in [6.45, 7) is 2.90. The first-order valence-electron chi connectivity index (χ1n) is 5.52. The molecule has 16 heavy (non-hydrogen) atoms. The van der Waals surface area contributed by atoms with Crippen molar-refractivity contribution in [3.63, 3.8) is 0 Å². The minimum atomic E-state index is -0.0138. The Morgan fingerprint density at radius 3 is 2.50 bits per heavy atom. The van der Waals surface area contributed by atoms with Crippen LogP contribution >= 0.6 is 0 Å². The molecule has 0 bridgehead atoms. The molecule has 0 aliphatic carbocycles. The van der Waals surface area contributed by atoms with Gasteiger partial charge < -0.3 is 9.67 Å². The number of benzene rings is 1. The summed E-state index contributed by atoms with van der Waals surface area (Å²) >= 11 is 0. The molecule has 84 valence electrons. The van der Waals surface area contributed by atoms with Gasteiger partial charge in [-0.2, -0.15) is 0 Å². The number of aliphatic hydroxyl groups is 1. The molecule has 3 heteroatoms. The van der Waals surface area contributed by atoms with E-state index in [2.05, 4.69) is 36.2 Å². The summed E-state index contributed by atoms with van der Waals surface area (Å²) < 4.78 is 1.96. The number of nitrogens with zero attached hydrogens (tertiary/aromatic N) is 2. The van der Waals surface area contributed by atoms with E-state index in [1.165, 1.54) is 11.1 Å². The molecule has 2 rings (SSSR count). The summed E-state index contributed by atoms with van der Waals surface area (Å²) in [4.78, 5) is 4.08. The smallest absolute Gasteiger partial charge is 0.134 e. The zero-order chi connectivity index (χ0) is 11.4. The molecule has 1 aromatic carbocycles. The van der Waals surface area contributed by atoms with E-state index in [0.29, 0.717) is 5.82 Å². The van der Waals surface area contributed by atoms with Crippen molar-refractivity contribution in [2.45, 2.75) is 26.5 Å². The highest BCUT2D eigenvalue weighted by Crippen LogP contribution is 2.08. The van der Waals surface area contributed by atoms with E-state index in [1.54, 1.807) is 6.20 Å². The number of aromatic nitrogens is 2. The van der Waals surface area contributed by atoms with Crippen molar-refractivity contribution in [2.24, 2.45) is 0 Å². The SMILES string of the molecule is CCc1ccc(Cn2ccnc2CO)cc1. The van der Waals surface area contributed by atoms with Gasteiger partial charge in [0.15, 0.2) is 0 Å². The summed E-state index contributed by atoms with van der Waals surface area (Å²) in [5.74, 6) is 0.708. The van der Waals surface area contributed by atoms with Crippen LogP contribution in [0.3, 0.4) is 0 Å². The molecule has 0 saturated heterocycles. The van der Waals surface area contributed by atoms with Gasteiger partial charge in [0, 0.05) is 18.9 Å². The highest BCUT2D eigenvalue weighted by Gasteiger charge is 2.01. The summed E-state index contributed by atoms with van der Waals surface area (Å²) in [5.41, 5.74) is 2.57. The zero-order valence-corrected chi connectivity index (χ0v) is 9.43. The Morgan fingerprint density at radius 1 is 1.19 bits per heavy atom. The van der Waals surface area contributed by atoms with Gasteiger partial charge >= 0.3 is 0 Å². The Morgan fingerprint density at radius 2 is 1.88 bits per heavy atom. The van der Waals surface area contributed by atoms with Crippen molar-refractivity contribution >= 4 is 0 Å². The predicted octanol–water partition coefficient (Wildman–Crippen LogP) is 1.99. The molecule has 1 aromatic heterocycles. The second-order valence-corrected chi connectivity index (χ2v) is 3.80. The lowest BCUT2D eigenvalue weighted by atomic mass is 10.1. The average Bonchev–Trinajstić information content (AvgIpc) is 2.77. The summed E-state index contributed by atoms with van der Waals surface area (Å²) in [7, 11) is 0. The largest absolute Gasteiger partial charge is 0.388 e. The lowest BCUT2D eigenvalue weighted by Gasteiger charge is -2.06. The van der Waals surface area contributed by atoms with Gasteiger partial charge in [-0.15, -0.1) is 0 Å². The van der Waals surface area contributed by atoms with Crippen LogP contribution in [0.2, 0.25) is 0 Å². The van der Waals surface area contributed by atoms with Gasteiger partial charge in [-0.1, -0.05) is 31.2 Å². The fourth-order valence-electron chi connectivity index (χ4n) is 1.71. The third-order valence-electron chi connectivity index (χ3n) is 2.73. The highest BCUT2D eigenvalue weighted by molar-refractivity contribution is 5.22. The molecule has 0 aliphatic rings. The highest BCUT2D eigenvalue weighted by atomic mass is 16.3. The van der Waals surface area contributed by atoms with E-state index in [9.17, 15) is 0 Å². The normalized spacial score (nSPS) is 10.6. The van der Waals surface area contributed by atoms with Crippen molar-refractivity contribution in [1.29, 1.82) is 0 Å². The van der Waals surface area contributed by atoms with Crippen LogP contribution in [-0.4, -0.2) is 14.7 Å². The number of imidazole rings is 1. The van der Waals surface area contributed by atoms with Gasteiger partial charge in [0.05, 0.1) is 0 Å². The summed E-state index contributed by atoms with van der Waals surface area (Å²) in [6, 6.07) is 8.54. The van der Waals surface area contributed by atoms with Crippen LogP contribution in [0.15, 0.2) is 36.7 Å². The number of hydrogen-bond donors (Lipinski definition) is 1. The van der Waals surface area contributed by atoms with Gasteiger partial charge in [0.2, 0.25) is 0 Å². The van der Waals surface area contributed by atoms with Crippen LogP contribution in [-0.2, 0) is 19.6 Å². The number of aliphatic hydroxyl groups excluding tert-OH is 1. The van der Waals surface area contributed by atoms with E-state index in [0.717, 1.165) is 13.0 Å². The molecule has 0 aliphatic heterocycles. The molecule has 0 saturated carbocycles. The maximum absolute atomic E-state index is 9.08. The second kappa shape index (κ2) is 4.94. The first kappa shape index (κ1) is 10.9. The van der Waals surface area contributed by atoms with Crippen molar-refractivity contribution in [3.8, 4) is 0 Å². The maximum atomic E-state index is 9.08. The van der Waals surface area contributed by atoms with E-state index in [1.807, 2.05) is 10.8 Å². The van der Waals surface area contributed by atoms with Gasteiger partial charge in [-0.25, -0.2) is 4.98 Å². The topological polar surface area (TPSA) is 38.0 Å². The Labute approximate surface area is 95.4 Å². The van der Waals surface area contributed by atoms with E-state index in [4.69, 9.17) is 5.11 Å². The molecule has 0 unspecified atom stereocenters. The lowest BCUT2D eigenvalue weighted by molar-refractivity contribution is 0.266. The maximum Gasteiger partial charge on any atom is 0.134 e. The number of aryl methyl sites for hydroxylation is 1. The second-order valence-electron chi connectivity index (χ2n) is 3.80. The fraction of sp³-hybridized carbons (Fsp3) is 0.308. The summed E-state index contributed by atoms with van der Waals surface area (Å²) in [5, 5.41) is 9.08. The minimum Gasteiger partial charge on any atom is -0.388 e. The summed E-state index contributed by atoms with van der Waals surface area (Å²) in [6.07, 6.45) is 4.67. The molecule has 2 aromatic rings. The zero-order valence-electron chi connectivity index (χ0n) is 9.43. The molecule has 0 atom stereocenters. The third kappa shape index (κ3) is 2.31. The molecule has 0 spiro atoms. The van der Waals surface area contributed by atoms with Gasteiger partial charge in [-0.05, 0) is 17.5 Å². The molecule has 1 N–H and O–H groups in total. The van der Waals surface area contributed by atoms with Crippen LogP contribution in [0, 0.1) is 0 Å². The molecular weight excluding hydrogens is 200 g/mol. The predicted molar refractivity (Wildman–Crippen MR) is 63.1 cm³/mol. The van der Waals surface area contributed by atoms with Crippen LogP contribution in [0.5, 0.6) is 0 Å². The minimum absolute atomic E-state index is 0.0138. The Kier molecular flexibility index (Phi) is 3.37.